The molecule has 0 saturated carbocycles. The number of hydrogen-bond acceptors (Lipinski definition) is 5. The number of nitrogens with one attached hydrogen (secondary N) is 2. The van der Waals surface area contributed by atoms with Crippen LogP contribution in [0.15, 0.2) is 64.2 Å². The summed E-state index contributed by atoms with van der Waals surface area (Å²) < 4.78 is 4.61. The van der Waals surface area contributed by atoms with E-state index in [0.29, 0.717) is 36.0 Å². The van der Waals surface area contributed by atoms with Gasteiger partial charge >= 0.3 is 5.69 Å². The van der Waals surface area contributed by atoms with E-state index in [0.717, 1.165) is 24.2 Å². The van der Waals surface area contributed by atoms with E-state index in [1.807, 2.05) is 48.9 Å². The molecular formula is C28H34N6O2. The smallest absolute Gasteiger partial charge is 0.332 e. The van der Waals surface area contributed by atoms with Gasteiger partial charge in [-0.15, -0.1) is 0 Å². The average Bonchev–Trinajstić information content (AvgIpc) is 3.24. The summed E-state index contributed by atoms with van der Waals surface area (Å²) in [6.45, 7) is 6.11. The molecule has 2 aromatic carbocycles. The van der Waals surface area contributed by atoms with Gasteiger partial charge in [0.2, 0.25) is 0 Å². The minimum Gasteiger partial charge on any atom is -0.340 e. The van der Waals surface area contributed by atoms with Gasteiger partial charge < -0.3 is 10.6 Å². The van der Waals surface area contributed by atoms with E-state index >= 15 is 0 Å². The molecule has 36 heavy (non-hydrogen) atoms. The summed E-state index contributed by atoms with van der Waals surface area (Å²) in [4.78, 5) is 26.3. The third-order valence-electron chi connectivity index (χ3n) is 6.83. The lowest BCUT2D eigenvalue weighted by Crippen LogP contribution is -2.38. The number of benzene rings is 2. The predicted octanol–water partition coefficient (Wildman–Crippen LogP) is 4.16. The molecule has 1 saturated heterocycles. The first-order valence-electron chi connectivity index (χ1n) is 12.8. The highest BCUT2D eigenvalue weighted by Crippen LogP contribution is 2.26. The number of nitrogens with zero attached hydrogens (tertiary/aromatic N) is 4. The van der Waals surface area contributed by atoms with Crippen molar-refractivity contribution in [1.82, 2.24) is 24.2 Å². The summed E-state index contributed by atoms with van der Waals surface area (Å²) in [6.07, 6.45) is 3.65. The molecule has 2 aromatic heterocycles. The first kappa shape index (κ1) is 24.1. The zero-order valence-corrected chi connectivity index (χ0v) is 21.2. The Morgan fingerprint density at radius 3 is 2.47 bits per heavy atom. The SMILES string of the molecule is CC(C)Cn1c(=O)n(C)c(=O)c2c(Nc3ccccc3)n(Cc3ccc(C4CCCCN4)cc3)nc21. The molecular weight excluding hydrogens is 452 g/mol. The number of para-hydroxylation sites is 1. The van der Waals surface area contributed by atoms with Crippen LogP contribution in [-0.2, 0) is 20.1 Å². The lowest BCUT2D eigenvalue weighted by molar-refractivity contribution is 0.412. The molecule has 1 aliphatic rings. The van der Waals surface area contributed by atoms with E-state index in [-0.39, 0.29) is 17.2 Å². The van der Waals surface area contributed by atoms with Gasteiger partial charge in [-0.25, -0.2) is 9.48 Å². The molecule has 0 spiro atoms. The maximum atomic E-state index is 13.3. The van der Waals surface area contributed by atoms with Crippen molar-refractivity contribution in [2.75, 3.05) is 11.9 Å². The lowest BCUT2D eigenvalue weighted by Gasteiger charge is -2.24. The fourth-order valence-electron chi connectivity index (χ4n) is 4.96. The van der Waals surface area contributed by atoms with Crippen LogP contribution in [0.3, 0.4) is 0 Å². The van der Waals surface area contributed by atoms with Crippen LogP contribution in [0.1, 0.15) is 50.3 Å². The van der Waals surface area contributed by atoms with Crippen molar-refractivity contribution in [3.8, 4) is 0 Å². The van der Waals surface area contributed by atoms with E-state index in [2.05, 4.69) is 34.9 Å². The second-order valence-corrected chi connectivity index (χ2v) is 10.1. The molecule has 0 bridgehead atoms. The third-order valence-corrected chi connectivity index (χ3v) is 6.83. The standard InChI is InChI=1S/C28H34N6O2/c1-19(2)17-33-26-24(27(35)32(3)28(33)36)25(30-22-9-5-4-6-10-22)34(31-26)18-20-12-14-21(15-13-20)23-11-7-8-16-29-23/h4-6,9-10,12-15,19,23,29-30H,7-8,11,16-18H2,1-3H3. The van der Waals surface area contributed by atoms with Crippen molar-refractivity contribution >= 4 is 22.5 Å². The molecule has 3 heterocycles. The normalized spacial score (nSPS) is 16.1. The maximum absolute atomic E-state index is 13.3. The van der Waals surface area contributed by atoms with Crippen molar-refractivity contribution < 1.29 is 0 Å². The summed E-state index contributed by atoms with van der Waals surface area (Å²) in [5.41, 5.74) is 2.94. The minimum absolute atomic E-state index is 0.222. The Hall–Kier alpha value is -3.65. The van der Waals surface area contributed by atoms with E-state index in [1.165, 1.54) is 30.0 Å². The Bertz CT molecular complexity index is 1460. The molecule has 1 unspecified atom stereocenters. The number of anilines is 2. The Kier molecular flexibility index (Phi) is 6.78. The molecule has 4 aromatic rings. The van der Waals surface area contributed by atoms with Gasteiger partial charge in [-0.3, -0.25) is 13.9 Å². The van der Waals surface area contributed by atoms with Crippen LogP contribution in [-0.4, -0.2) is 25.5 Å². The molecule has 8 nitrogen and oxygen atoms in total. The number of fused-ring (bicyclic) bond motifs is 1. The Labute approximate surface area is 210 Å². The Morgan fingerprint density at radius 2 is 1.81 bits per heavy atom. The summed E-state index contributed by atoms with van der Waals surface area (Å²) >= 11 is 0. The predicted molar refractivity (Wildman–Crippen MR) is 144 cm³/mol. The molecule has 0 aliphatic carbocycles. The van der Waals surface area contributed by atoms with Gasteiger partial charge in [0.1, 0.15) is 11.2 Å². The first-order valence-corrected chi connectivity index (χ1v) is 12.8. The van der Waals surface area contributed by atoms with Crippen molar-refractivity contribution in [3.05, 3.63) is 86.6 Å². The van der Waals surface area contributed by atoms with Crippen LogP contribution in [0.2, 0.25) is 0 Å². The van der Waals surface area contributed by atoms with Crippen LogP contribution in [0.25, 0.3) is 11.0 Å². The summed E-state index contributed by atoms with van der Waals surface area (Å²) in [5, 5.41) is 12.3. The van der Waals surface area contributed by atoms with Crippen LogP contribution >= 0.6 is 0 Å². The molecule has 188 valence electrons. The summed E-state index contributed by atoms with van der Waals surface area (Å²) in [5.74, 6) is 0.812. The van der Waals surface area contributed by atoms with E-state index < -0.39 is 0 Å². The molecule has 1 fully saturated rings. The van der Waals surface area contributed by atoms with Gasteiger partial charge in [0.15, 0.2) is 5.65 Å². The van der Waals surface area contributed by atoms with Crippen molar-refractivity contribution in [2.45, 2.75) is 52.2 Å². The topological polar surface area (TPSA) is 85.9 Å². The second kappa shape index (κ2) is 10.1. The van der Waals surface area contributed by atoms with Crippen LogP contribution in [0, 0.1) is 5.92 Å². The highest BCUT2D eigenvalue weighted by atomic mass is 16.2. The monoisotopic (exact) mass is 486 g/mol. The second-order valence-electron chi connectivity index (χ2n) is 10.1. The fraction of sp³-hybridized carbons (Fsp3) is 0.393. The first-order chi connectivity index (χ1) is 17.4. The molecule has 0 amide bonds. The molecule has 8 heteroatoms. The van der Waals surface area contributed by atoms with Gasteiger partial charge in [0.25, 0.3) is 5.56 Å². The van der Waals surface area contributed by atoms with E-state index in [1.54, 1.807) is 4.57 Å². The number of hydrogen-bond donors (Lipinski definition) is 2. The highest BCUT2D eigenvalue weighted by Gasteiger charge is 2.22. The van der Waals surface area contributed by atoms with Crippen molar-refractivity contribution in [3.63, 3.8) is 0 Å². The summed E-state index contributed by atoms with van der Waals surface area (Å²) in [7, 11) is 1.53. The van der Waals surface area contributed by atoms with Crippen LogP contribution in [0.4, 0.5) is 11.5 Å². The third kappa shape index (κ3) is 4.73. The number of rotatable bonds is 7. The van der Waals surface area contributed by atoms with E-state index in [4.69, 9.17) is 5.10 Å². The maximum Gasteiger partial charge on any atom is 0.332 e. The van der Waals surface area contributed by atoms with E-state index in [9.17, 15) is 9.59 Å². The molecule has 0 radical (unpaired) electrons. The Balaban J connectivity index is 1.60. The minimum atomic E-state index is -0.349. The average molecular weight is 487 g/mol. The van der Waals surface area contributed by atoms with Gasteiger partial charge in [0.05, 0.1) is 6.54 Å². The molecule has 5 rings (SSSR count). The van der Waals surface area contributed by atoms with Gasteiger partial charge in [0, 0.05) is 25.3 Å². The highest BCUT2D eigenvalue weighted by molar-refractivity contribution is 5.89. The largest absolute Gasteiger partial charge is 0.340 e. The van der Waals surface area contributed by atoms with Gasteiger partial charge in [-0.1, -0.05) is 62.7 Å². The van der Waals surface area contributed by atoms with Crippen LogP contribution in [0.5, 0.6) is 0 Å². The number of piperidine rings is 1. The number of aromatic nitrogens is 4. The van der Waals surface area contributed by atoms with Crippen LogP contribution < -0.4 is 21.9 Å². The molecule has 1 atom stereocenters. The summed E-state index contributed by atoms with van der Waals surface area (Å²) in [6, 6.07) is 18.7. The zero-order chi connectivity index (χ0) is 25.2. The Morgan fingerprint density at radius 1 is 1.06 bits per heavy atom. The fourth-order valence-corrected chi connectivity index (χ4v) is 4.96. The molecule has 2 N–H and O–H groups in total. The van der Waals surface area contributed by atoms with Gasteiger partial charge in [-0.2, -0.15) is 5.10 Å². The quantitative estimate of drug-likeness (QED) is 0.410. The molecule has 1 aliphatic heterocycles. The lowest BCUT2D eigenvalue weighted by atomic mass is 9.97. The van der Waals surface area contributed by atoms with Gasteiger partial charge in [-0.05, 0) is 48.6 Å². The van der Waals surface area contributed by atoms with Crippen molar-refractivity contribution in [1.29, 1.82) is 0 Å². The zero-order valence-electron chi connectivity index (χ0n) is 21.2. The van der Waals surface area contributed by atoms with Crippen molar-refractivity contribution in [2.24, 2.45) is 13.0 Å².